The minimum Gasteiger partial charge on any atom is -0.356 e. The number of nitrogens with zero attached hydrogens (tertiary/aromatic N) is 3. The lowest BCUT2D eigenvalue weighted by Gasteiger charge is -2.18. The molecule has 0 spiro atoms. The molecule has 6 nitrogen and oxygen atoms in total. The molecule has 6 heteroatoms. The van der Waals surface area contributed by atoms with Crippen LogP contribution >= 0.6 is 0 Å². The van der Waals surface area contributed by atoms with Crippen molar-refractivity contribution in [1.82, 2.24) is 19.8 Å². The second-order valence-electron chi connectivity index (χ2n) is 6.23. The third-order valence-corrected chi connectivity index (χ3v) is 4.29. The van der Waals surface area contributed by atoms with Gasteiger partial charge in [0.25, 0.3) is 0 Å². The van der Waals surface area contributed by atoms with Gasteiger partial charge in [-0.15, -0.1) is 0 Å². The van der Waals surface area contributed by atoms with Crippen molar-refractivity contribution in [2.75, 3.05) is 20.1 Å². The number of aromatic nitrogens is 2. The lowest BCUT2D eigenvalue weighted by molar-refractivity contribution is -0.130. The molecule has 136 valence electrons. The first-order valence-electron chi connectivity index (χ1n) is 9.01. The van der Waals surface area contributed by atoms with Crippen molar-refractivity contribution in [3.8, 4) is 0 Å². The van der Waals surface area contributed by atoms with Gasteiger partial charge < -0.3 is 14.8 Å². The highest BCUT2D eigenvalue weighted by atomic mass is 16.2. The number of benzene rings is 1. The molecule has 0 bridgehead atoms. The van der Waals surface area contributed by atoms with Crippen LogP contribution in [-0.2, 0) is 22.6 Å². The number of imidazole rings is 1. The largest absolute Gasteiger partial charge is 0.356 e. The topological polar surface area (TPSA) is 67.2 Å². The summed E-state index contributed by atoms with van der Waals surface area (Å²) in [4.78, 5) is 30.4. The molecule has 0 fully saturated rings. The first-order valence-corrected chi connectivity index (χ1v) is 9.01. The molecule has 0 unspecified atom stereocenters. The summed E-state index contributed by atoms with van der Waals surface area (Å²) in [5, 5.41) is 2.87. The Hall–Kier alpha value is -2.37. The Morgan fingerprint density at radius 1 is 1.24 bits per heavy atom. The Balaban J connectivity index is 2.16. The summed E-state index contributed by atoms with van der Waals surface area (Å²) in [7, 11) is 1.85. The monoisotopic (exact) mass is 344 g/mol. The summed E-state index contributed by atoms with van der Waals surface area (Å²) < 4.78 is 1.97. The Kier molecular flexibility index (Phi) is 6.98. The average Bonchev–Trinajstić information content (AvgIpc) is 2.97. The number of nitrogens with one attached hydrogen (secondary N) is 1. The predicted octanol–water partition coefficient (Wildman–Crippen LogP) is 2.36. The van der Waals surface area contributed by atoms with E-state index in [-0.39, 0.29) is 18.4 Å². The Morgan fingerprint density at radius 2 is 2.00 bits per heavy atom. The maximum Gasteiger partial charge on any atom is 0.242 e. The van der Waals surface area contributed by atoms with Crippen molar-refractivity contribution < 1.29 is 9.59 Å². The van der Waals surface area contributed by atoms with Gasteiger partial charge in [0.05, 0.1) is 11.0 Å². The minimum atomic E-state index is 0.0260. The molecule has 0 saturated heterocycles. The quantitative estimate of drug-likeness (QED) is 0.759. The van der Waals surface area contributed by atoms with E-state index in [0.717, 1.165) is 36.2 Å². The van der Waals surface area contributed by atoms with E-state index in [9.17, 15) is 9.59 Å². The number of likely N-dealkylation sites (N-methyl/N-ethyl adjacent to an activating group) is 1. The van der Waals surface area contributed by atoms with Gasteiger partial charge in [-0.25, -0.2) is 4.98 Å². The highest BCUT2D eigenvalue weighted by Gasteiger charge is 2.16. The molecule has 25 heavy (non-hydrogen) atoms. The molecule has 2 aromatic rings. The number of carbonyl (C=O) groups is 2. The molecule has 2 amide bonds. The zero-order chi connectivity index (χ0) is 18.2. The second kappa shape index (κ2) is 9.20. The first-order chi connectivity index (χ1) is 12.1. The van der Waals surface area contributed by atoms with Gasteiger partial charge in [-0.05, 0) is 18.6 Å². The molecular formula is C19H28N4O2. The molecule has 1 heterocycles. The standard InChI is InChI=1S/C19H28N4O2/c1-4-6-13-22(3)19(25)14-23-16-10-8-7-9-15(16)21-17(23)11-12-20-18(24)5-2/h7-10H,4-6,11-14H2,1-3H3,(H,20,24). The Labute approximate surface area is 149 Å². The molecule has 1 N–H and O–H groups in total. The van der Waals surface area contributed by atoms with Crippen LogP contribution in [0.4, 0.5) is 0 Å². The van der Waals surface area contributed by atoms with Crippen LogP contribution in [0, 0.1) is 0 Å². The van der Waals surface area contributed by atoms with Gasteiger partial charge in [-0.3, -0.25) is 9.59 Å². The normalized spacial score (nSPS) is 10.8. The van der Waals surface area contributed by atoms with E-state index in [2.05, 4.69) is 17.2 Å². The second-order valence-corrected chi connectivity index (χ2v) is 6.23. The molecule has 0 radical (unpaired) electrons. The van der Waals surface area contributed by atoms with E-state index in [0.29, 0.717) is 19.4 Å². The molecule has 0 aliphatic heterocycles. The molecular weight excluding hydrogens is 316 g/mol. The third kappa shape index (κ3) is 5.05. The molecule has 0 aliphatic rings. The van der Waals surface area contributed by atoms with Crippen molar-refractivity contribution in [2.45, 2.75) is 46.1 Å². The summed E-state index contributed by atoms with van der Waals surface area (Å²) >= 11 is 0. The van der Waals surface area contributed by atoms with Gasteiger partial charge in [-0.1, -0.05) is 32.4 Å². The smallest absolute Gasteiger partial charge is 0.242 e. The molecule has 1 aromatic heterocycles. The SMILES string of the molecule is CCCCN(C)C(=O)Cn1c(CCNC(=O)CC)nc2ccccc21. The third-order valence-electron chi connectivity index (χ3n) is 4.29. The number of hydrogen-bond donors (Lipinski definition) is 1. The van der Waals surface area contributed by atoms with Crippen LogP contribution in [0.5, 0.6) is 0 Å². The van der Waals surface area contributed by atoms with E-state index >= 15 is 0 Å². The van der Waals surface area contributed by atoms with Gasteiger partial charge in [-0.2, -0.15) is 0 Å². The zero-order valence-electron chi connectivity index (χ0n) is 15.4. The van der Waals surface area contributed by atoms with Crippen LogP contribution in [0.2, 0.25) is 0 Å². The molecule has 0 aliphatic carbocycles. The van der Waals surface area contributed by atoms with E-state index in [4.69, 9.17) is 0 Å². The first kappa shape index (κ1) is 19.0. The average molecular weight is 344 g/mol. The summed E-state index contributed by atoms with van der Waals surface area (Å²) in [6.07, 6.45) is 3.14. The van der Waals surface area contributed by atoms with Crippen LogP contribution < -0.4 is 5.32 Å². The number of amides is 2. The number of rotatable bonds is 9. The Bertz CT molecular complexity index is 723. The summed E-state index contributed by atoms with van der Waals surface area (Å²) in [6, 6.07) is 7.83. The van der Waals surface area contributed by atoms with Gasteiger partial charge in [0.15, 0.2) is 0 Å². The van der Waals surface area contributed by atoms with Gasteiger partial charge in [0.2, 0.25) is 11.8 Å². The molecule has 0 atom stereocenters. The van der Waals surface area contributed by atoms with Crippen molar-refractivity contribution >= 4 is 22.8 Å². The Morgan fingerprint density at radius 3 is 2.72 bits per heavy atom. The number of hydrogen-bond acceptors (Lipinski definition) is 3. The fourth-order valence-corrected chi connectivity index (χ4v) is 2.71. The minimum absolute atomic E-state index is 0.0260. The lowest BCUT2D eigenvalue weighted by Crippen LogP contribution is -2.32. The van der Waals surface area contributed by atoms with Gasteiger partial charge >= 0.3 is 0 Å². The zero-order valence-corrected chi connectivity index (χ0v) is 15.4. The molecule has 0 saturated carbocycles. The van der Waals surface area contributed by atoms with Crippen LogP contribution in [-0.4, -0.2) is 46.4 Å². The molecule has 1 aromatic carbocycles. The van der Waals surface area contributed by atoms with Crippen LogP contribution in [0.3, 0.4) is 0 Å². The summed E-state index contributed by atoms with van der Waals surface area (Å²) in [5.74, 6) is 0.934. The maximum absolute atomic E-state index is 12.5. The number of unbranched alkanes of at least 4 members (excludes halogenated alkanes) is 1. The van der Waals surface area contributed by atoms with Crippen molar-refractivity contribution in [3.05, 3.63) is 30.1 Å². The van der Waals surface area contributed by atoms with Crippen LogP contribution in [0.15, 0.2) is 24.3 Å². The fourth-order valence-electron chi connectivity index (χ4n) is 2.71. The van der Waals surface area contributed by atoms with Crippen LogP contribution in [0.25, 0.3) is 11.0 Å². The van der Waals surface area contributed by atoms with Crippen molar-refractivity contribution in [1.29, 1.82) is 0 Å². The number of para-hydroxylation sites is 2. The molecule has 2 rings (SSSR count). The van der Waals surface area contributed by atoms with Gasteiger partial charge in [0, 0.05) is 33.0 Å². The van der Waals surface area contributed by atoms with Crippen molar-refractivity contribution in [2.24, 2.45) is 0 Å². The predicted molar refractivity (Wildman–Crippen MR) is 99.3 cm³/mol. The van der Waals surface area contributed by atoms with Crippen molar-refractivity contribution in [3.63, 3.8) is 0 Å². The van der Waals surface area contributed by atoms with E-state index in [1.165, 1.54) is 0 Å². The number of carbonyl (C=O) groups excluding carboxylic acids is 2. The highest BCUT2D eigenvalue weighted by Crippen LogP contribution is 2.16. The lowest BCUT2D eigenvalue weighted by atomic mass is 10.3. The summed E-state index contributed by atoms with van der Waals surface area (Å²) in [5.41, 5.74) is 1.83. The van der Waals surface area contributed by atoms with Crippen LogP contribution in [0.1, 0.15) is 38.9 Å². The van der Waals surface area contributed by atoms with E-state index in [1.54, 1.807) is 4.90 Å². The van der Waals surface area contributed by atoms with Gasteiger partial charge in [0.1, 0.15) is 12.4 Å². The van der Waals surface area contributed by atoms with E-state index < -0.39 is 0 Å². The van der Waals surface area contributed by atoms with E-state index in [1.807, 2.05) is 42.8 Å². The maximum atomic E-state index is 12.5. The fraction of sp³-hybridized carbons (Fsp3) is 0.526. The number of fused-ring (bicyclic) bond motifs is 1. The summed E-state index contributed by atoms with van der Waals surface area (Å²) in [6.45, 7) is 5.51. The highest BCUT2D eigenvalue weighted by molar-refractivity contribution is 5.81.